The van der Waals surface area contributed by atoms with Crippen LogP contribution in [-0.2, 0) is 4.74 Å². The molecule has 0 heterocycles. The van der Waals surface area contributed by atoms with Gasteiger partial charge in [-0.25, -0.2) is 9.18 Å². The van der Waals surface area contributed by atoms with Gasteiger partial charge in [0.1, 0.15) is 5.69 Å². The summed E-state index contributed by atoms with van der Waals surface area (Å²) in [5.74, 6) is -0.842. The number of azo groups is 1. The molecule has 29 heavy (non-hydrogen) atoms. The molecule has 0 N–H and O–H groups in total. The molecule has 3 aromatic rings. The van der Waals surface area contributed by atoms with Crippen molar-refractivity contribution in [3.05, 3.63) is 78.1 Å². The molecule has 0 unspecified atom stereocenters. The van der Waals surface area contributed by atoms with Gasteiger partial charge in [0, 0.05) is 19.8 Å². The molecule has 0 fully saturated rings. The number of esters is 1. The van der Waals surface area contributed by atoms with E-state index in [1.54, 1.807) is 43.3 Å². The van der Waals surface area contributed by atoms with Gasteiger partial charge in [-0.1, -0.05) is 18.2 Å². The predicted molar refractivity (Wildman–Crippen MR) is 113 cm³/mol. The lowest BCUT2D eigenvalue weighted by Gasteiger charge is -2.11. The third-order valence-corrected chi connectivity index (χ3v) is 4.32. The fraction of sp³-hybridized carbons (Fsp3) is 0.174. The lowest BCUT2D eigenvalue weighted by molar-refractivity contribution is 0.0526. The molecule has 0 radical (unpaired) electrons. The highest BCUT2D eigenvalue weighted by molar-refractivity contribution is 5.90. The van der Waals surface area contributed by atoms with Crippen LogP contribution in [0.25, 0.3) is 11.1 Å². The van der Waals surface area contributed by atoms with Gasteiger partial charge in [0.15, 0.2) is 5.82 Å². The SMILES string of the molecule is CCOC(=O)c1ccc(-c2ccc(/N=N/c3ccc(N(C)C)cc3)c(F)c2)cc1. The molecule has 0 aromatic heterocycles. The monoisotopic (exact) mass is 391 g/mol. The molecule has 0 aliphatic rings. The van der Waals surface area contributed by atoms with E-state index in [4.69, 9.17) is 4.74 Å². The second kappa shape index (κ2) is 9.10. The minimum atomic E-state index is -0.467. The Labute approximate surface area is 169 Å². The number of benzene rings is 3. The van der Waals surface area contributed by atoms with E-state index in [-0.39, 0.29) is 11.7 Å². The summed E-state index contributed by atoms with van der Waals surface area (Å²) in [4.78, 5) is 13.7. The Kier molecular flexibility index (Phi) is 6.34. The smallest absolute Gasteiger partial charge is 0.338 e. The number of nitrogens with zero attached hydrogens (tertiary/aromatic N) is 3. The van der Waals surface area contributed by atoms with Crippen LogP contribution in [0.4, 0.5) is 21.5 Å². The molecule has 0 saturated heterocycles. The van der Waals surface area contributed by atoms with E-state index >= 15 is 0 Å². The Morgan fingerprint density at radius 3 is 2.17 bits per heavy atom. The molecule has 6 heteroatoms. The van der Waals surface area contributed by atoms with Gasteiger partial charge in [0.25, 0.3) is 0 Å². The molecule has 0 saturated carbocycles. The van der Waals surface area contributed by atoms with Crippen LogP contribution in [0.3, 0.4) is 0 Å². The number of hydrogen-bond donors (Lipinski definition) is 0. The summed E-state index contributed by atoms with van der Waals surface area (Å²) < 4.78 is 19.4. The first-order valence-corrected chi connectivity index (χ1v) is 9.24. The van der Waals surface area contributed by atoms with Crippen molar-refractivity contribution in [2.75, 3.05) is 25.6 Å². The maximum Gasteiger partial charge on any atom is 0.338 e. The highest BCUT2D eigenvalue weighted by atomic mass is 19.1. The minimum Gasteiger partial charge on any atom is -0.462 e. The van der Waals surface area contributed by atoms with E-state index in [0.29, 0.717) is 23.4 Å². The zero-order valence-electron chi connectivity index (χ0n) is 16.6. The zero-order chi connectivity index (χ0) is 20.8. The van der Waals surface area contributed by atoms with Crippen LogP contribution in [0.2, 0.25) is 0 Å². The zero-order valence-corrected chi connectivity index (χ0v) is 16.6. The van der Waals surface area contributed by atoms with Crippen molar-refractivity contribution in [2.45, 2.75) is 6.92 Å². The van der Waals surface area contributed by atoms with Gasteiger partial charge >= 0.3 is 5.97 Å². The Bertz CT molecular complexity index is 1010. The van der Waals surface area contributed by atoms with E-state index < -0.39 is 5.82 Å². The Hall–Kier alpha value is -3.54. The first kappa shape index (κ1) is 20.2. The van der Waals surface area contributed by atoms with Gasteiger partial charge < -0.3 is 9.64 Å². The van der Waals surface area contributed by atoms with Crippen LogP contribution in [0.15, 0.2) is 77.0 Å². The summed E-state index contributed by atoms with van der Waals surface area (Å²) in [6.07, 6.45) is 0. The summed E-state index contributed by atoms with van der Waals surface area (Å²) in [6, 6.07) is 19.1. The lowest BCUT2D eigenvalue weighted by Crippen LogP contribution is -2.07. The van der Waals surface area contributed by atoms with Crippen molar-refractivity contribution in [3.8, 4) is 11.1 Å². The van der Waals surface area contributed by atoms with Crippen LogP contribution < -0.4 is 4.90 Å². The Morgan fingerprint density at radius 1 is 0.931 bits per heavy atom. The van der Waals surface area contributed by atoms with Gasteiger partial charge in [0.2, 0.25) is 0 Å². The fourth-order valence-electron chi connectivity index (χ4n) is 2.71. The maximum atomic E-state index is 14.5. The number of carbonyl (C=O) groups excluding carboxylic acids is 1. The molecule has 3 rings (SSSR count). The van der Waals surface area contributed by atoms with E-state index in [1.165, 1.54) is 6.07 Å². The van der Waals surface area contributed by atoms with Crippen LogP contribution in [0.5, 0.6) is 0 Å². The highest BCUT2D eigenvalue weighted by Crippen LogP contribution is 2.28. The van der Waals surface area contributed by atoms with Gasteiger partial charge in [-0.05, 0) is 66.6 Å². The summed E-state index contributed by atoms with van der Waals surface area (Å²) >= 11 is 0. The summed E-state index contributed by atoms with van der Waals surface area (Å²) in [7, 11) is 3.91. The predicted octanol–water partition coefficient (Wildman–Crippen LogP) is 6.15. The summed E-state index contributed by atoms with van der Waals surface area (Å²) in [6.45, 7) is 2.08. The molecule has 0 aliphatic heterocycles. The molecule has 0 spiro atoms. The van der Waals surface area contributed by atoms with Gasteiger partial charge in [-0.2, -0.15) is 5.11 Å². The van der Waals surface area contributed by atoms with Crippen molar-refractivity contribution < 1.29 is 13.9 Å². The van der Waals surface area contributed by atoms with Gasteiger partial charge in [-0.15, -0.1) is 5.11 Å². The summed E-state index contributed by atoms with van der Waals surface area (Å²) in [5.41, 5.74) is 3.80. The van der Waals surface area contributed by atoms with E-state index in [9.17, 15) is 9.18 Å². The molecular weight excluding hydrogens is 369 g/mol. The molecule has 0 amide bonds. The average molecular weight is 391 g/mol. The van der Waals surface area contributed by atoms with Crippen LogP contribution >= 0.6 is 0 Å². The Balaban J connectivity index is 1.75. The molecule has 0 aliphatic carbocycles. The molecule has 0 bridgehead atoms. The largest absolute Gasteiger partial charge is 0.462 e. The van der Waals surface area contributed by atoms with Crippen molar-refractivity contribution in [3.63, 3.8) is 0 Å². The quantitative estimate of drug-likeness (QED) is 0.374. The van der Waals surface area contributed by atoms with Crippen molar-refractivity contribution in [1.29, 1.82) is 0 Å². The fourth-order valence-corrected chi connectivity index (χ4v) is 2.71. The number of halogens is 1. The highest BCUT2D eigenvalue weighted by Gasteiger charge is 2.08. The van der Waals surface area contributed by atoms with Gasteiger partial charge in [-0.3, -0.25) is 0 Å². The molecule has 148 valence electrons. The molecule has 0 atom stereocenters. The number of ether oxygens (including phenoxy) is 1. The van der Waals surface area contributed by atoms with Crippen molar-refractivity contribution >= 4 is 23.0 Å². The molecular formula is C23H22FN3O2. The molecule has 5 nitrogen and oxygen atoms in total. The average Bonchev–Trinajstić information content (AvgIpc) is 2.73. The maximum absolute atomic E-state index is 14.5. The van der Waals surface area contributed by atoms with Crippen LogP contribution in [0, 0.1) is 5.82 Å². The standard InChI is InChI=1S/C23H22FN3O2/c1-4-29-23(28)17-7-5-16(6-8-17)18-9-14-22(21(24)15-18)26-25-19-10-12-20(13-11-19)27(2)3/h5-15H,4H2,1-3H3/b26-25+. The lowest BCUT2D eigenvalue weighted by atomic mass is 10.0. The third kappa shape index (κ3) is 5.04. The first-order valence-electron chi connectivity index (χ1n) is 9.24. The minimum absolute atomic E-state index is 0.161. The van der Waals surface area contributed by atoms with Crippen LogP contribution in [-0.4, -0.2) is 26.7 Å². The second-order valence-electron chi connectivity index (χ2n) is 6.57. The number of rotatable bonds is 6. The van der Waals surface area contributed by atoms with Crippen molar-refractivity contribution in [2.24, 2.45) is 10.2 Å². The normalized spacial score (nSPS) is 10.9. The van der Waals surface area contributed by atoms with Crippen molar-refractivity contribution in [1.82, 2.24) is 0 Å². The van der Waals surface area contributed by atoms with E-state index in [1.807, 2.05) is 43.3 Å². The third-order valence-electron chi connectivity index (χ3n) is 4.32. The number of carbonyl (C=O) groups is 1. The Morgan fingerprint density at radius 2 is 1.59 bits per heavy atom. The van der Waals surface area contributed by atoms with E-state index in [0.717, 1.165) is 11.3 Å². The second-order valence-corrected chi connectivity index (χ2v) is 6.57. The van der Waals surface area contributed by atoms with Crippen LogP contribution in [0.1, 0.15) is 17.3 Å². The van der Waals surface area contributed by atoms with E-state index in [2.05, 4.69) is 10.2 Å². The molecule has 3 aromatic carbocycles. The number of anilines is 1. The van der Waals surface area contributed by atoms with Gasteiger partial charge in [0.05, 0.1) is 17.9 Å². The topological polar surface area (TPSA) is 54.3 Å². The summed E-state index contributed by atoms with van der Waals surface area (Å²) in [5, 5.41) is 8.12. The first-order chi connectivity index (χ1) is 14.0. The number of hydrogen-bond acceptors (Lipinski definition) is 5.